The van der Waals surface area contributed by atoms with E-state index in [-0.39, 0.29) is 0 Å². The fourth-order valence-electron chi connectivity index (χ4n) is 3.15. The Labute approximate surface area is 118 Å². The van der Waals surface area contributed by atoms with Crippen molar-refractivity contribution in [1.82, 2.24) is 15.0 Å². The summed E-state index contributed by atoms with van der Waals surface area (Å²) in [6.07, 6.45) is 4.91. The van der Waals surface area contributed by atoms with Crippen molar-refractivity contribution in [3.05, 3.63) is 18.0 Å². The highest BCUT2D eigenvalue weighted by molar-refractivity contribution is 5.71. The Morgan fingerprint density at radius 3 is 2.95 bits per heavy atom. The molecule has 0 spiro atoms. The molecule has 20 heavy (non-hydrogen) atoms. The van der Waals surface area contributed by atoms with Crippen LogP contribution >= 0.6 is 0 Å². The molecule has 0 aliphatic heterocycles. The number of aromatic nitrogens is 3. The van der Waals surface area contributed by atoms with Crippen LogP contribution in [0.2, 0.25) is 0 Å². The first kappa shape index (κ1) is 13.4. The Hall–Kier alpha value is -1.62. The quantitative estimate of drug-likeness (QED) is 0.898. The SMILES string of the molecule is CCOc1ccc2[nH]c(C3CCCCC3CN)nc2n1. The summed E-state index contributed by atoms with van der Waals surface area (Å²) >= 11 is 0. The summed E-state index contributed by atoms with van der Waals surface area (Å²) in [5.74, 6) is 2.66. The second-order valence-electron chi connectivity index (χ2n) is 5.46. The molecule has 1 saturated carbocycles. The van der Waals surface area contributed by atoms with Gasteiger partial charge < -0.3 is 15.5 Å². The highest BCUT2D eigenvalue weighted by Gasteiger charge is 2.28. The van der Waals surface area contributed by atoms with E-state index in [2.05, 4.69) is 15.0 Å². The number of nitrogens with one attached hydrogen (secondary N) is 1. The van der Waals surface area contributed by atoms with Gasteiger partial charge in [0.25, 0.3) is 0 Å². The van der Waals surface area contributed by atoms with Crippen LogP contribution in [0.5, 0.6) is 5.88 Å². The maximum Gasteiger partial charge on any atom is 0.215 e. The number of fused-ring (bicyclic) bond motifs is 1. The number of hydrogen-bond acceptors (Lipinski definition) is 4. The van der Waals surface area contributed by atoms with Gasteiger partial charge in [0.15, 0.2) is 5.65 Å². The average molecular weight is 274 g/mol. The minimum absolute atomic E-state index is 0.443. The molecule has 3 N–H and O–H groups in total. The molecule has 1 aliphatic carbocycles. The van der Waals surface area contributed by atoms with E-state index in [0.717, 1.165) is 23.5 Å². The van der Waals surface area contributed by atoms with E-state index in [1.54, 1.807) is 0 Å². The van der Waals surface area contributed by atoms with Crippen molar-refractivity contribution in [3.63, 3.8) is 0 Å². The number of H-pyrrole nitrogens is 1. The summed E-state index contributed by atoms with van der Waals surface area (Å²) in [5.41, 5.74) is 7.63. The van der Waals surface area contributed by atoms with E-state index in [4.69, 9.17) is 10.5 Å². The third-order valence-electron chi connectivity index (χ3n) is 4.19. The molecule has 2 unspecified atom stereocenters. The molecular weight excluding hydrogens is 252 g/mol. The van der Waals surface area contributed by atoms with Gasteiger partial charge in [-0.1, -0.05) is 12.8 Å². The fourth-order valence-corrected chi connectivity index (χ4v) is 3.15. The maximum absolute atomic E-state index is 5.91. The molecule has 5 nitrogen and oxygen atoms in total. The molecule has 2 aromatic heterocycles. The number of imidazole rings is 1. The molecular formula is C15H22N4O. The normalized spacial score (nSPS) is 23.1. The standard InChI is InChI=1S/C15H22N4O/c1-2-20-13-8-7-12-15(18-13)19-14(17-12)11-6-4-3-5-10(11)9-16/h7-8,10-11H,2-6,9,16H2,1H3,(H,17,18,19). The van der Waals surface area contributed by atoms with Gasteiger partial charge in [-0.3, -0.25) is 0 Å². The minimum atomic E-state index is 0.443. The molecule has 0 radical (unpaired) electrons. The Kier molecular flexibility index (Phi) is 3.87. The number of hydrogen-bond donors (Lipinski definition) is 2. The van der Waals surface area contributed by atoms with Crippen LogP contribution in [0, 0.1) is 5.92 Å². The predicted octanol–water partition coefficient (Wildman–Crippen LogP) is 2.59. The lowest BCUT2D eigenvalue weighted by molar-refractivity contribution is 0.306. The second kappa shape index (κ2) is 5.79. The topological polar surface area (TPSA) is 76.8 Å². The van der Waals surface area contributed by atoms with Crippen LogP contribution in [0.25, 0.3) is 11.2 Å². The Bertz CT molecular complexity index is 580. The Balaban J connectivity index is 1.91. The smallest absolute Gasteiger partial charge is 0.215 e. The van der Waals surface area contributed by atoms with Crippen LogP contribution in [-0.2, 0) is 0 Å². The van der Waals surface area contributed by atoms with Gasteiger partial charge >= 0.3 is 0 Å². The van der Waals surface area contributed by atoms with Gasteiger partial charge in [0.1, 0.15) is 5.82 Å². The third kappa shape index (κ3) is 2.50. The van der Waals surface area contributed by atoms with Crippen LogP contribution in [0.1, 0.15) is 44.3 Å². The molecule has 2 heterocycles. The molecule has 1 fully saturated rings. The number of aromatic amines is 1. The first-order chi connectivity index (χ1) is 9.81. The number of nitrogens with zero attached hydrogens (tertiary/aromatic N) is 2. The van der Waals surface area contributed by atoms with Crippen molar-refractivity contribution in [2.45, 2.75) is 38.5 Å². The van der Waals surface area contributed by atoms with Crippen molar-refractivity contribution in [3.8, 4) is 5.88 Å². The zero-order valence-electron chi connectivity index (χ0n) is 11.9. The third-order valence-corrected chi connectivity index (χ3v) is 4.19. The summed E-state index contributed by atoms with van der Waals surface area (Å²) in [7, 11) is 0. The molecule has 0 bridgehead atoms. The van der Waals surface area contributed by atoms with Crippen molar-refractivity contribution in [2.24, 2.45) is 11.7 Å². The predicted molar refractivity (Wildman–Crippen MR) is 78.8 cm³/mol. The fraction of sp³-hybridized carbons (Fsp3) is 0.600. The van der Waals surface area contributed by atoms with E-state index in [1.165, 1.54) is 25.7 Å². The number of ether oxygens (including phenoxy) is 1. The van der Waals surface area contributed by atoms with Crippen molar-refractivity contribution < 1.29 is 4.74 Å². The van der Waals surface area contributed by atoms with Crippen LogP contribution in [-0.4, -0.2) is 28.1 Å². The highest BCUT2D eigenvalue weighted by atomic mass is 16.5. The first-order valence-electron chi connectivity index (χ1n) is 7.51. The lowest BCUT2D eigenvalue weighted by Gasteiger charge is -2.28. The average Bonchev–Trinajstić information content (AvgIpc) is 2.90. The van der Waals surface area contributed by atoms with E-state index >= 15 is 0 Å². The van der Waals surface area contributed by atoms with Crippen LogP contribution in [0.3, 0.4) is 0 Å². The summed E-state index contributed by atoms with van der Waals surface area (Å²) in [4.78, 5) is 12.5. The molecule has 2 atom stereocenters. The lowest BCUT2D eigenvalue weighted by Crippen LogP contribution is -2.25. The van der Waals surface area contributed by atoms with Crippen LogP contribution < -0.4 is 10.5 Å². The van der Waals surface area contributed by atoms with Crippen molar-refractivity contribution in [2.75, 3.05) is 13.2 Å². The van der Waals surface area contributed by atoms with Gasteiger partial charge in [-0.05, 0) is 38.3 Å². The number of pyridine rings is 1. The summed E-state index contributed by atoms with van der Waals surface area (Å²) in [5, 5.41) is 0. The molecule has 3 rings (SSSR count). The van der Waals surface area contributed by atoms with Gasteiger partial charge in [-0.2, -0.15) is 4.98 Å². The molecule has 0 aromatic carbocycles. The Morgan fingerprint density at radius 2 is 2.15 bits per heavy atom. The summed E-state index contributed by atoms with van der Waals surface area (Å²) < 4.78 is 5.43. The molecule has 108 valence electrons. The summed E-state index contributed by atoms with van der Waals surface area (Å²) in [6, 6.07) is 3.87. The van der Waals surface area contributed by atoms with Gasteiger partial charge in [0.2, 0.25) is 5.88 Å². The second-order valence-corrected chi connectivity index (χ2v) is 5.46. The summed E-state index contributed by atoms with van der Waals surface area (Å²) in [6.45, 7) is 3.31. The first-order valence-corrected chi connectivity index (χ1v) is 7.51. The monoisotopic (exact) mass is 274 g/mol. The largest absolute Gasteiger partial charge is 0.478 e. The molecule has 5 heteroatoms. The molecule has 1 aliphatic rings. The zero-order valence-corrected chi connectivity index (χ0v) is 11.9. The Morgan fingerprint density at radius 1 is 1.30 bits per heavy atom. The minimum Gasteiger partial charge on any atom is -0.478 e. The number of nitrogens with two attached hydrogens (primary N) is 1. The lowest BCUT2D eigenvalue weighted by atomic mass is 9.79. The van der Waals surface area contributed by atoms with E-state index in [9.17, 15) is 0 Å². The van der Waals surface area contributed by atoms with Gasteiger partial charge in [-0.15, -0.1) is 0 Å². The van der Waals surface area contributed by atoms with E-state index < -0.39 is 0 Å². The maximum atomic E-state index is 5.91. The van der Waals surface area contributed by atoms with Crippen LogP contribution in [0.4, 0.5) is 0 Å². The van der Waals surface area contributed by atoms with Gasteiger partial charge in [0, 0.05) is 12.0 Å². The highest BCUT2D eigenvalue weighted by Crippen LogP contribution is 2.36. The zero-order chi connectivity index (χ0) is 13.9. The van der Waals surface area contributed by atoms with E-state index in [1.807, 2.05) is 19.1 Å². The molecule has 0 amide bonds. The van der Waals surface area contributed by atoms with Crippen molar-refractivity contribution >= 4 is 11.2 Å². The van der Waals surface area contributed by atoms with Gasteiger partial charge in [0.05, 0.1) is 12.1 Å². The van der Waals surface area contributed by atoms with Crippen LogP contribution in [0.15, 0.2) is 12.1 Å². The number of rotatable bonds is 4. The molecule has 2 aromatic rings. The van der Waals surface area contributed by atoms with E-state index in [0.29, 0.717) is 24.3 Å². The molecule has 0 saturated heterocycles. The van der Waals surface area contributed by atoms with Crippen molar-refractivity contribution in [1.29, 1.82) is 0 Å². The van der Waals surface area contributed by atoms with Gasteiger partial charge in [-0.25, -0.2) is 4.98 Å².